The van der Waals surface area contributed by atoms with Crippen LogP contribution < -0.4 is 10.6 Å². The molecule has 1 aliphatic heterocycles. The third-order valence-corrected chi connectivity index (χ3v) is 3.50. The number of hydrogen-bond acceptors (Lipinski definition) is 3. The average Bonchev–Trinajstić information content (AvgIpc) is 2.51. The van der Waals surface area contributed by atoms with Crippen molar-refractivity contribution in [1.29, 1.82) is 0 Å². The first-order valence-corrected chi connectivity index (χ1v) is 6.70. The molecule has 0 saturated carbocycles. The van der Waals surface area contributed by atoms with Crippen molar-refractivity contribution in [3.63, 3.8) is 0 Å². The van der Waals surface area contributed by atoms with E-state index < -0.39 is 0 Å². The van der Waals surface area contributed by atoms with Crippen LogP contribution in [0.1, 0.15) is 51.3 Å². The summed E-state index contributed by atoms with van der Waals surface area (Å²) in [7, 11) is 0. The Hall–Kier alpha value is -1.19. The minimum Gasteiger partial charge on any atom is -0.394 e. The molecule has 0 aromatic carbocycles. The molecule has 1 saturated heterocycles. The molecule has 2 rings (SSSR count). The van der Waals surface area contributed by atoms with Gasteiger partial charge in [-0.2, -0.15) is 5.10 Å². The van der Waals surface area contributed by atoms with Crippen LogP contribution >= 0.6 is 0 Å². The van der Waals surface area contributed by atoms with Gasteiger partial charge in [-0.25, -0.2) is 4.68 Å². The molecule has 96 valence electrons. The van der Waals surface area contributed by atoms with Gasteiger partial charge in [-0.05, 0) is 33.6 Å². The molecule has 4 heteroatoms. The molecule has 0 atom stereocenters. The molecule has 17 heavy (non-hydrogen) atoms. The summed E-state index contributed by atoms with van der Waals surface area (Å²) in [5.74, 6) is 1.14. The maximum Gasteiger partial charge on any atom is 0.150 e. The average molecular weight is 236 g/mol. The van der Waals surface area contributed by atoms with E-state index in [1.165, 1.54) is 25.7 Å². The standard InChI is InChI=1S/C13H24N4/c1-10(2)17-13(12(14)11(3)15-17)16-8-6-4-5-7-9-16/h10H,4-9,14H2,1-3H3. The maximum atomic E-state index is 6.20. The number of hydrogen-bond donors (Lipinski definition) is 1. The van der Waals surface area contributed by atoms with E-state index in [9.17, 15) is 0 Å². The number of aromatic nitrogens is 2. The molecule has 1 aromatic heterocycles. The van der Waals surface area contributed by atoms with Crippen molar-refractivity contribution in [1.82, 2.24) is 9.78 Å². The van der Waals surface area contributed by atoms with Crippen molar-refractivity contribution in [3.8, 4) is 0 Å². The lowest BCUT2D eigenvalue weighted by molar-refractivity contribution is 0.522. The lowest BCUT2D eigenvalue weighted by atomic mass is 10.2. The highest BCUT2D eigenvalue weighted by atomic mass is 15.4. The summed E-state index contributed by atoms with van der Waals surface area (Å²) in [6, 6.07) is 0.365. The van der Waals surface area contributed by atoms with E-state index in [-0.39, 0.29) is 0 Å². The maximum absolute atomic E-state index is 6.20. The first-order valence-electron chi connectivity index (χ1n) is 6.70. The van der Waals surface area contributed by atoms with E-state index in [0.29, 0.717) is 6.04 Å². The number of aryl methyl sites for hydroxylation is 1. The zero-order valence-electron chi connectivity index (χ0n) is 11.2. The second kappa shape index (κ2) is 4.98. The third-order valence-electron chi connectivity index (χ3n) is 3.50. The molecule has 0 amide bonds. The van der Waals surface area contributed by atoms with Gasteiger partial charge < -0.3 is 10.6 Å². The van der Waals surface area contributed by atoms with Crippen LogP contribution in [0, 0.1) is 6.92 Å². The van der Waals surface area contributed by atoms with Crippen molar-refractivity contribution in [2.24, 2.45) is 0 Å². The molecule has 0 aliphatic carbocycles. The predicted octanol–water partition coefficient (Wildman–Crippen LogP) is 2.74. The first kappa shape index (κ1) is 12.3. The van der Waals surface area contributed by atoms with E-state index >= 15 is 0 Å². The smallest absolute Gasteiger partial charge is 0.150 e. The molecule has 0 bridgehead atoms. The lowest BCUT2D eigenvalue weighted by Gasteiger charge is -2.25. The number of nitrogens with two attached hydrogens (primary N) is 1. The highest BCUT2D eigenvalue weighted by molar-refractivity contribution is 5.66. The van der Waals surface area contributed by atoms with Gasteiger partial charge in [-0.15, -0.1) is 0 Å². The van der Waals surface area contributed by atoms with Crippen molar-refractivity contribution in [2.45, 2.75) is 52.5 Å². The quantitative estimate of drug-likeness (QED) is 0.859. The number of anilines is 2. The zero-order valence-corrected chi connectivity index (χ0v) is 11.2. The molecule has 1 aromatic rings. The Morgan fingerprint density at radius 3 is 2.24 bits per heavy atom. The van der Waals surface area contributed by atoms with E-state index in [4.69, 9.17) is 5.73 Å². The second-order valence-electron chi connectivity index (χ2n) is 5.26. The molecule has 1 aliphatic rings. The molecule has 0 unspecified atom stereocenters. The van der Waals surface area contributed by atoms with E-state index in [1.807, 2.05) is 6.92 Å². The Bertz CT molecular complexity index is 373. The molecule has 1 fully saturated rings. The number of nitrogens with zero attached hydrogens (tertiary/aromatic N) is 3. The minimum atomic E-state index is 0.365. The Morgan fingerprint density at radius 2 is 1.71 bits per heavy atom. The molecule has 2 N–H and O–H groups in total. The normalized spacial score (nSPS) is 17.5. The van der Waals surface area contributed by atoms with Crippen LogP contribution in [-0.2, 0) is 0 Å². The van der Waals surface area contributed by atoms with Gasteiger partial charge in [0.05, 0.1) is 11.4 Å². The van der Waals surface area contributed by atoms with Crippen LogP contribution in [0.25, 0.3) is 0 Å². The van der Waals surface area contributed by atoms with Gasteiger partial charge in [0, 0.05) is 19.1 Å². The van der Waals surface area contributed by atoms with Crippen molar-refractivity contribution < 1.29 is 0 Å². The summed E-state index contributed by atoms with van der Waals surface area (Å²) >= 11 is 0. The summed E-state index contributed by atoms with van der Waals surface area (Å²) in [6.07, 6.45) is 5.21. The van der Waals surface area contributed by atoms with Gasteiger partial charge >= 0.3 is 0 Å². The molecule has 4 nitrogen and oxygen atoms in total. The van der Waals surface area contributed by atoms with Gasteiger partial charge in [0.15, 0.2) is 5.82 Å². The van der Waals surface area contributed by atoms with Crippen LogP contribution in [0.2, 0.25) is 0 Å². The highest BCUT2D eigenvalue weighted by Crippen LogP contribution is 2.30. The zero-order chi connectivity index (χ0) is 12.4. The van der Waals surface area contributed by atoms with Gasteiger partial charge in [-0.1, -0.05) is 12.8 Å². The molecular weight excluding hydrogens is 212 g/mol. The SMILES string of the molecule is Cc1nn(C(C)C)c(N2CCCCCC2)c1N. The van der Waals surface area contributed by atoms with Crippen molar-refractivity contribution in [3.05, 3.63) is 5.69 Å². The fourth-order valence-electron chi connectivity index (χ4n) is 2.51. The Labute approximate surface area is 104 Å². The largest absolute Gasteiger partial charge is 0.394 e. The van der Waals surface area contributed by atoms with Gasteiger partial charge in [-0.3, -0.25) is 0 Å². The Kier molecular flexibility index (Phi) is 3.60. The second-order valence-corrected chi connectivity index (χ2v) is 5.26. The van der Waals surface area contributed by atoms with E-state index in [0.717, 1.165) is 30.3 Å². The third kappa shape index (κ3) is 2.40. The molecule has 0 spiro atoms. The number of rotatable bonds is 2. The van der Waals surface area contributed by atoms with Gasteiger partial charge in [0.25, 0.3) is 0 Å². The van der Waals surface area contributed by atoms with E-state index in [1.54, 1.807) is 0 Å². The van der Waals surface area contributed by atoms with Crippen LogP contribution in [-0.4, -0.2) is 22.9 Å². The topological polar surface area (TPSA) is 47.1 Å². The minimum absolute atomic E-state index is 0.365. The Balaban J connectivity index is 2.34. The summed E-state index contributed by atoms with van der Waals surface area (Å²) in [5.41, 5.74) is 8.02. The monoisotopic (exact) mass is 236 g/mol. The van der Waals surface area contributed by atoms with Crippen LogP contribution in [0.4, 0.5) is 11.5 Å². The van der Waals surface area contributed by atoms with E-state index in [2.05, 4.69) is 28.5 Å². The fraction of sp³-hybridized carbons (Fsp3) is 0.769. The molecule has 0 radical (unpaired) electrons. The lowest BCUT2D eigenvalue weighted by Crippen LogP contribution is -2.28. The summed E-state index contributed by atoms with van der Waals surface area (Å²) in [6.45, 7) is 8.54. The molecular formula is C13H24N4. The van der Waals surface area contributed by atoms with Crippen LogP contribution in [0.5, 0.6) is 0 Å². The predicted molar refractivity (Wildman–Crippen MR) is 72.4 cm³/mol. The molecule has 2 heterocycles. The fourth-order valence-corrected chi connectivity index (χ4v) is 2.51. The Morgan fingerprint density at radius 1 is 1.12 bits per heavy atom. The van der Waals surface area contributed by atoms with Crippen LogP contribution in [0.15, 0.2) is 0 Å². The summed E-state index contributed by atoms with van der Waals surface area (Å²) in [4.78, 5) is 2.42. The van der Waals surface area contributed by atoms with Gasteiger partial charge in [0.2, 0.25) is 0 Å². The van der Waals surface area contributed by atoms with Gasteiger partial charge in [0.1, 0.15) is 0 Å². The summed E-state index contributed by atoms with van der Waals surface area (Å²) in [5, 5.41) is 4.57. The highest BCUT2D eigenvalue weighted by Gasteiger charge is 2.21. The number of nitrogen functional groups attached to an aromatic ring is 1. The van der Waals surface area contributed by atoms with Crippen LogP contribution in [0.3, 0.4) is 0 Å². The first-order chi connectivity index (χ1) is 8.11. The summed E-state index contributed by atoms with van der Waals surface area (Å²) < 4.78 is 2.08. The van der Waals surface area contributed by atoms with Crippen molar-refractivity contribution in [2.75, 3.05) is 23.7 Å². The van der Waals surface area contributed by atoms with Crippen molar-refractivity contribution >= 4 is 11.5 Å².